The van der Waals surface area contributed by atoms with Crippen LogP contribution in [0.3, 0.4) is 0 Å². The molecule has 0 radical (unpaired) electrons. The van der Waals surface area contributed by atoms with Gasteiger partial charge in [-0.15, -0.1) is 0 Å². The van der Waals surface area contributed by atoms with E-state index >= 15 is 0 Å². The van der Waals surface area contributed by atoms with E-state index in [0.29, 0.717) is 5.56 Å². The minimum absolute atomic E-state index is 0.234. The average molecular weight is 213 g/mol. The summed E-state index contributed by atoms with van der Waals surface area (Å²) in [4.78, 5) is 10.9. The molecule has 3 N–H and O–H groups in total. The molecule has 3 heteroatoms. The zero-order chi connectivity index (χ0) is 11.5. The number of benzene rings is 2. The Morgan fingerprint density at radius 1 is 0.875 bits per heavy atom. The number of rotatable bonds is 2. The van der Waals surface area contributed by atoms with Gasteiger partial charge in [-0.1, -0.05) is 24.3 Å². The molecule has 0 aliphatic heterocycles. The summed E-state index contributed by atoms with van der Waals surface area (Å²) < 4.78 is 0. The van der Waals surface area contributed by atoms with Gasteiger partial charge in [-0.05, 0) is 35.4 Å². The van der Waals surface area contributed by atoms with E-state index in [4.69, 9.17) is 10.8 Å². The third-order valence-corrected chi connectivity index (χ3v) is 2.37. The summed E-state index contributed by atoms with van der Waals surface area (Å²) in [5.41, 5.74) is 7.60. The summed E-state index contributed by atoms with van der Waals surface area (Å²) in [7, 11) is 0. The second kappa shape index (κ2) is 4.06. The number of carbonyl (C=O) groups excluding carboxylic acids is 1. The lowest BCUT2D eigenvalue weighted by atomic mass is 10.0. The molecule has 0 bridgehead atoms. The Bertz CT molecular complexity index is 500. The molecule has 3 nitrogen and oxygen atoms in total. The highest BCUT2D eigenvalue weighted by Gasteiger charge is 2.01. The van der Waals surface area contributed by atoms with E-state index in [-0.39, 0.29) is 5.75 Å². The number of hydrogen-bond acceptors (Lipinski definition) is 2. The first-order valence-corrected chi connectivity index (χ1v) is 4.86. The predicted octanol–water partition coefficient (Wildman–Crippen LogP) is 2.16. The summed E-state index contributed by atoms with van der Waals surface area (Å²) in [5.74, 6) is -0.199. The lowest BCUT2D eigenvalue weighted by Gasteiger charge is -2.02. The number of carbonyl (C=O) groups is 1. The molecule has 0 atom stereocenters. The minimum atomic E-state index is -0.433. The Morgan fingerprint density at radius 3 is 1.75 bits per heavy atom. The Labute approximate surface area is 93.1 Å². The third kappa shape index (κ3) is 2.03. The molecule has 80 valence electrons. The molecule has 1 amide bonds. The van der Waals surface area contributed by atoms with Crippen LogP contribution in [0.25, 0.3) is 11.1 Å². The fourth-order valence-electron chi connectivity index (χ4n) is 1.48. The second-order valence-corrected chi connectivity index (χ2v) is 3.49. The molecule has 0 aromatic heterocycles. The maximum atomic E-state index is 10.9. The molecule has 0 unspecified atom stereocenters. The quantitative estimate of drug-likeness (QED) is 0.802. The number of nitrogens with two attached hydrogens (primary N) is 1. The van der Waals surface area contributed by atoms with Crippen LogP contribution < -0.4 is 5.73 Å². The van der Waals surface area contributed by atoms with Gasteiger partial charge < -0.3 is 10.8 Å². The molecule has 0 saturated heterocycles. The molecule has 0 heterocycles. The second-order valence-electron chi connectivity index (χ2n) is 3.49. The lowest BCUT2D eigenvalue weighted by Crippen LogP contribution is -2.10. The fourth-order valence-corrected chi connectivity index (χ4v) is 1.48. The van der Waals surface area contributed by atoms with Gasteiger partial charge in [0.1, 0.15) is 5.75 Å². The van der Waals surface area contributed by atoms with Crippen LogP contribution in [0.5, 0.6) is 5.75 Å². The van der Waals surface area contributed by atoms with Crippen molar-refractivity contribution in [2.24, 2.45) is 5.73 Å². The highest BCUT2D eigenvalue weighted by molar-refractivity contribution is 5.93. The van der Waals surface area contributed by atoms with Crippen LogP contribution >= 0.6 is 0 Å². The van der Waals surface area contributed by atoms with E-state index in [1.165, 1.54) is 0 Å². The van der Waals surface area contributed by atoms with Gasteiger partial charge in [-0.2, -0.15) is 0 Å². The standard InChI is InChI=1S/C13H11NO2/c14-13(16)11-3-1-9(2-4-11)10-5-7-12(15)8-6-10/h1-8,15H,(H2,14,16). The van der Waals surface area contributed by atoms with Gasteiger partial charge in [0.25, 0.3) is 0 Å². The van der Waals surface area contributed by atoms with Gasteiger partial charge in [0.15, 0.2) is 0 Å². The van der Waals surface area contributed by atoms with E-state index in [2.05, 4.69) is 0 Å². The maximum absolute atomic E-state index is 10.9. The Kier molecular flexibility index (Phi) is 2.60. The molecular formula is C13H11NO2. The van der Waals surface area contributed by atoms with Crippen LogP contribution in [0.4, 0.5) is 0 Å². The molecule has 0 spiro atoms. The predicted molar refractivity (Wildman–Crippen MR) is 62.1 cm³/mol. The van der Waals surface area contributed by atoms with Crippen LogP contribution in [0.15, 0.2) is 48.5 Å². The van der Waals surface area contributed by atoms with Gasteiger partial charge >= 0.3 is 0 Å². The van der Waals surface area contributed by atoms with Crippen LogP contribution in [0.2, 0.25) is 0 Å². The van der Waals surface area contributed by atoms with Crippen molar-refractivity contribution in [1.29, 1.82) is 0 Å². The van der Waals surface area contributed by atoms with Gasteiger partial charge in [0.2, 0.25) is 5.91 Å². The highest BCUT2D eigenvalue weighted by Crippen LogP contribution is 2.21. The van der Waals surface area contributed by atoms with Crippen molar-refractivity contribution in [3.8, 4) is 16.9 Å². The number of aromatic hydroxyl groups is 1. The monoisotopic (exact) mass is 213 g/mol. The minimum Gasteiger partial charge on any atom is -0.508 e. The molecule has 0 saturated carbocycles. The lowest BCUT2D eigenvalue weighted by molar-refractivity contribution is 0.100. The molecule has 2 rings (SSSR count). The van der Waals surface area contributed by atoms with Gasteiger partial charge in [-0.3, -0.25) is 4.79 Å². The van der Waals surface area contributed by atoms with Crippen molar-refractivity contribution in [2.75, 3.05) is 0 Å². The molecule has 16 heavy (non-hydrogen) atoms. The van der Waals surface area contributed by atoms with E-state index in [1.54, 1.807) is 24.3 Å². The SMILES string of the molecule is NC(=O)c1ccc(-c2ccc(O)cc2)cc1. The molecule has 2 aromatic rings. The number of primary amides is 1. The Morgan fingerprint density at radius 2 is 1.31 bits per heavy atom. The first-order chi connectivity index (χ1) is 7.66. The van der Waals surface area contributed by atoms with Gasteiger partial charge in [-0.25, -0.2) is 0 Å². The van der Waals surface area contributed by atoms with Crippen molar-refractivity contribution in [3.63, 3.8) is 0 Å². The topological polar surface area (TPSA) is 63.3 Å². The Balaban J connectivity index is 2.34. The number of phenolic OH excluding ortho intramolecular Hbond substituents is 1. The summed E-state index contributed by atoms with van der Waals surface area (Å²) in [6.45, 7) is 0. The van der Waals surface area contributed by atoms with Crippen molar-refractivity contribution in [2.45, 2.75) is 0 Å². The number of phenols is 1. The van der Waals surface area contributed by atoms with Crippen molar-refractivity contribution < 1.29 is 9.90 Å². The normalized spacial score (nSPS) is 10.0. The van der Waals surface area contributed by atoms with Crippen molar-refractivity contribution in [1.82, 2.24) is 0 Å². The van der Waals surface area contributed by atoms with Crippen LogP contribution in [-0.4, -0.2) is 11.0 Å². The van der Waals surface area contributed by atoms with Crippen molar-refractivity contribution in [3.05, 3.63) is 54.1 Å². The van der Waals surface area contributed by atoms with Crippen LogP contribution in [-0.2, 0) is 0 Å². The highest BCUT2D eigenvalue weighted by atomic mass is 16.3. The van der Waals surface area contributed by atoms with E-state index in [9.17, 15) is 4.79 Å². The first kappa shape index (κ1) is 10.2. The summed E-state index contributed by atoms with van der Waals surface area (Å²) in [6.07, 6.45) is 0. The van der Waals surface area contributed by atoms with Gasteiger partial charge in [0, 0.05) is 5.56 Å². The summed E-state index contributed by atoms with van der Waals surface area (Å²) >= 11 is 0. The van der Waals surface area contributed by atoms with Crippen LogP contribution in [0.1, 0.15) is 10.4 Å². The maximum Gasteiger partial charge on any atom is 0.248 e. The van der Waals surface area contributed by atoms with Crippen molar-refractivity contribution >= 4 is 5.91 Å². The molecule has 0 fully saturated rings. The zero-order valence-corrected chi connectivity index (χ0v) is 8.55. The smallest absolute Gasteiger partial charge is 0.248 e. The zero-order valence-electron chi connectivity index (χ0n) is 8.55. The molecule has 0 aliphatic rings. The Hall–Kier alpha value is -2.29. The first-order valence-electron chi connectivity index (χ1n) is 4.86. The van der Waals surface area contributed by atoms with E-state index in [1.807, 2.05) is 24.3 Å². The number of amides is 1. The molecule has 2 aromatic carbocycles. The molecule has 0 aliphatic carbocycles. The number of hydrogen-bond donors (Lipinski definition) is 2. The van der Waals surface area contributed by atoms with Crippen LogP contribution in [0, 0.1) is 0 Å². The largest absolute Gasteiger partial charge is 0.508 e. The fraction of sp³-hybridized carbons (Fsp3) is 0. The summed E-state index contributed by atoms with van der Waals surface area (Å²) in [6, 6.07) is 13.9. The van der Waals surface area contributed by atoms with E-state index in [0.717, 1.165) is 11.1 Å². The van der Waals surface area contributed by atoms with E-state index < -0.39 is 5.91 Å². The summed E-state index contributed by atoms with van der Waals surface area (Å²) in [5, 5.41) is 9.16. The molecular weight excluding hydrogens is 202 g/mol. The third-order valence-electron chi connectivity index (χ3n) is 2.37. The van der Waals surface area contributed by atoms with Gasteiger partial charge in [0.05, 0.1) is 0 Å². The average Bonchev–Trinajstić information content (AvgIpc) is 2.30.